The SMILES string of the molecule is C/C=C/C=C\C(=O)NCCCC(=O)N1CCN(c2ccccc2)CC1. The molecule has 5 nitrogen and oxygen atoms in total. The first-order valence-electron chi connectivity index (χ1n) is 8.85. The van der Waals surface area contributed by atoms with E-state index in [1.165, 1.54) is 11.8 Å². The third-order valence-electron chi connectivity index (χ3n) is 4.17. The Hall–Kier alpha value is -2.56. The van der Waals surface area contributed by atoms with Crippen molar-refractivity contribution in [2.75, 3.05) is 37.6 Å². The highest BCUT2D eigenvalue weighted by molar-refractivity contribution is 5.87. The van der Waals surface area contributed by atoms with Gasteiger partial charge in [0.1, 0.15) is 0 Å². The first-order valence-corrected chi connectivity index (χ1v) is 8.85. The number of nitrogens with one attached hydrogen (secondary N) is 1. The van der Waals surface area contributed by atoms with Crippen molar-refractivity contribution < 1.29 is 9.59 Å². The summed E-state index contributed by atoms with van der Waals surface area (Å²) in [6.45, 7) is 5.66. The molecule has 2 amide bonds. The molecule has 0 aliphatic carbocycles. The fourth-order valence-electron chi connectivity index (χ4n) is 2.78. The number of piperazine rings is 1. The summed E-state index contributed by atoms with van der Waals surface area (Å²) in [5.74, 6) is 0.0495. The molecule has 1 aromatic rings. The Morgan fingerprint density at radius 1 is 1.08 bits per heavy atom. The van der Waals surface area contributed by atoms with Crippen LogP contribution in [0.4, 0.5) is 5.69 Å². The Balaban J connectivity index is 1.63. The first kappa shape index (κ1) is 18.8. The molecular weight excluding hydrogens is 314 g/mol. The van der Waals surface area contributed by atoms with Gasteiger partial charge in [0.2, 0.25) is 11.8 Å². The van der Waals surface area contributed by atoms with E-state index in [0.29, 0.717) is 19.4 Å². The highest BCUT2D eigenvalue weighted by atomic mass is 16.2. The van der Waals surface area contributed by atoms with Crippen molar-refractivity contribution in [3.8, 4) is 0 Å². The molecule has 0 radical (unpaired) electrons. The van der Waals surface area contributed by atoms with Gasteiger partial charge in [-0.25, -0.2) is 0 Å². The lowest BCUT2D eigenvalue weighted by Gasteiger charge is -2.36. The molecule has 1 aliphatic heterocycles. The van der Waals surface area contributed by atoms with Crippen LogP contribution in [0, 0.1) is 0 Å². The zero-order valence-corrected chi connectivity index (χ0v) is 14.9. The fourth-order valence-corrected chi connectivity index (χ4v) is 2.78. The highest BCUT2D eigenvalue weighted by Crippen LogP contribution is 2.15. The molecule has 2 rings (SSSR count). The van der Waals surface area contributed by atoms with E-state index in [4.69, 9.17) is 0 Å². The molecule has 0 unspecified atom stereocenters. The summed E-state index contributed by atoms with van der Waals surface area (Å²) in [6.07, 6.45) is 8.00. The number of allylic oxidation sites excluding steroid dienone is 3. The number of benzene rings is 1. The predicted octanol–water partition coefficient (Wildman–Crippen LogP) is 2.36. The van der Waals surface area contributed by atoms with E-state index >= 15 is 0 Å². The lowest BCUT2D eigenvalue weighted by Crippen LogP contribution is -2.48. The number of hydrogen-bond acceptors (Lipinski definition) is 3. The predicted molar refractivity (Wildman–Crippen MR) is 101 cm³/mol. The molecular formula is C20H27N3O2. The zero-order chi connectivity index (χ0) is 17.9. The number of nitrogens with zero attached hydrogens (tertiary/aromatic N) is 2. The summed E-state index contributed by atoms with van der Waals surface area (Å²) in [4.78, 5) is 28.0. The molecule has 5 heteroatoms. The van der Waals surface area contributed by atoms with E-state index in [1.807, 2.05) is 36.1 Å². The lowest BCUT2D eigenvalue weighted by atomic mass is 10.2. The van der Waals surface area contributed by atoms with Gasteiger partial charge in [0.05, 0.1) is 0 Å². The highest BCUT2D eigenvalue weighted by Gasteiger charge is 2.20. The van der Waals surface area contributed by atoms with Crippen LogP contribution in [0.1, 0.15) is 19.8 Å². The van der Waals surface area contributed by atoms with Crippen molar-refractivity contribution >= 4 is 17.5 Å². The van der Waals surface area contributed by atoms with Crippen LogP contribution in [-0.4, -0.2) is 49.4 Å². The minimum absolute atomic E-state index is 0.123. The van der Waals surface area contributed by atoms with Crippen molar-refractivity contribution in [3.05, 3.63) is 54.6 Å². The van der Waals surface area contributed by atoms with Gasteiger partial charge in [-0.05, 0) is 25.5 Å². The molecule has 25 heavy (non-hydrogen) atoms. The Kier molecular flexibility index (Phi) is 7.76. The summed E-state index contributed by atoms with van der Waals surface area (Å²) in [5, 5.41) is 2.79. The van der Waals surface area contributed by atoms with E-state index in [9.17, 15) is 9.59 Å². The lowest BCUT2D eigenvalue weighted by molar-refractivity contribution is -0.131. The van der Waals surface area contributed by atoms with Gasteiger partial charge in [0.25, 0.3) is 0 Å². The molecule has 1 saturated heterocycles. The summed E-state index contributed by atoms with van der Waals surface area (Å²) in [7, 11) is 0. The van der Waals surface area contributed by atoms with Gasteiger partial charge < -0.3 is 15.1 Å². The van der Waals surface area contributed by atoms with E-state index in [1.54, 1.807) is 12.2 Å². The summed E-state index contributed by atoms with van der Waals surface area (Å²) in [5.41, 5.74) is 1.21. The second kappa shape index (κ2) is 10.3. The van der Waals surface area contributed by atoms with Crippen LogP contribution in [0.5, 0.6) is 0 Å². The van der Waals surface area contributed by atoms with Crippen LogP contribution in [-0.2, 0) is 9.59 Å². The molecule has 0 bridgehead atoms. The van der Waals surface area contributed by atoms with E-state index in [2.05, 4.69) is 22.3 Å². The van der Waals surface area contributed by atoms with Gasteiger partial charge >= 0.3 is 0 Å². The summed E-state index contributed by atoms with van der Waals surface area (Å²) in [6, 6.07) is 10.3. The quantitative estimate of drug-likeness (QED) is 0.471. The molecule has 1 fully saturated rings. The Morgan fingerprint density at radius 3 is 2.48 bits per heavy atom. The molecule has 1 N–H and O–H groups in total. The van der Waals surface area contributed by atoms with Crippen LogP contribution in [0.15, 0.2) is 54.6 Å². The molecule has 0 spiro atoms. The summed E-state index contributed by atoms with van der Waals surface area (Å²) >= 11 is 0. The van der Waals surface area contributed by atoms with Gasteiger partial charge in [-0.2, -0.15) is 0 Å². The Bertz CT molecular complexity index is 603. The maximum Gasteiger partial charge on any atom is 0.243 e. The number of carbonyl (C=O) groups excluding carboxylic acids is 2. The third kappa shape index (κ3) is 6.45. The molecule has 1 heterocycles. The normalized spacial score (nSPS) is 15.1. The van der Waals surface area contributed by atoms with Crippen LogP contribution >= 0.6 is 0 Å². The average molecular weight is 341 g/mol. The van der Waals surface area contributed by atoms with Gasteiger partial charge in [-0.1, -0.05) is 36.4 Å². The maximum absolute atomic E-state index is 12.3. The van der Waals surface area contributed by atoms with Crippen LogP contribution < -0.4 is 10.2 Å². The third-order valence-corrected chi connectivity index (χ3v) is 4.17. The second-order valence-corrected chi connectivity index (χ2v) is 5.98. The first-order chi connectivity index (χ1) is 12.2. The number of anilines is 1. The zero-order valence-electron chi connectivity index (χ0n) is 14.9. The van der Waals surface area contributed by atoms with Gasteiger partial charge in [0, 0.05) is 50.9 Å². The van der Waals surface area contributed by atoms with Crippen molar-refractivity contribution in [2.24, 2.45) is 0 Å². The number of hydrogen-bond donors (Lipinski definition) is 1. The van der Waals surface area contributed by atoms with E-state index in [-0.39, 0.29) is 11.8 Å². The van der Waals surface area contributed by atoms with Crippen molar-refractivity contribution in [1.82, 2.24) is 10.2 Å². The topological polar surface area (TPSA) is 52.7 Å². The number of amides is 2. The molecule has 1 aliphatic rings. The number of rotatable bonds is 7. The second-order valence-electron chi connectivity index (χ2n) is 5.98. The minimum atomic E-state index is -0.123. The molecule has 1 aromatic carbocycles. The number of para-hydroxylation sites is 1. The van der Waals surface area contributed by atoms with Crippen LogP contribution in [0.3, 0.4) is 0 Å². The smallest absolute Gasteiger partial charge is 0.243 e. The maximum atomic E-state index is 12.3. The van der Waals surface area contributed by atoms with Crippen molar-refractivity contribution in [1.29, 1.82) is 0 Å². The van der Waals surface area contributed by atoms with Crippen LogP contribution in [0.25, 0.3) is 0 Å². The monoisotopic (exact) mass is 341 g/mol. The Morgan fingerprint density at radius 2 is 1.80 bits per heavy atom. The van der Waals surface area contributed by atoms with E-state index in [0.717, 1.165) is 26.2 Å². The average Bonchev–Trinajstić information content (AvgIpc) is 2.66. The van der Waals surface area contributed by atoms with Gasteiger partial charge in [-0.15, -0.1) is 0 Å². The molecule has 0 atom stereocenters. The largest absolute Gasteiger partial charge is 0.368 e. The van der Waals surface area contributed by atoms with E-state index < -0.39 is 0 Å². The standard InChI is InChI=1S/C20H27N3O2/c1-2-3-5-11-19(24)21-13-8-12-20(25)23-16-14-22(15-17-23)18-9-6-4-7-10-18/h2-7,9-11H,8,12-17H2,1H3,(H,21,24)/b3-2+,11-5-. The summed E-state index contributed by atoms with van der Waals surface area (Å²) < 4.78 is 0. The molecule has 0 aromatic heterocycles. The van der Waals surface area contributed by atoms with Crippen LogP contribution in [0.2, 0.25) is 0 Å². The fraction of sp³-hybridized carbons (Fsp3) is 0.400. The molecule has 134 valence electrons. The van der Waals surface area contributed by atoms with Crippen molar-refractivity contribution in [2.45, 2.75) is 19.8 Å². The number of carbonyl (C=O) groups is 2. The minimum Gasteiger partial charge on any atom is -0.368 e. The van der Waals surface area contributed by atoms with Gasteiger partial charge in [-0.3, -0.25) is 9.59 Å². The molecule has 0 saturated carbocycles. The Labute approximate surface area is 150 Å². The van der Waals surface area contributed by atoms with Gasteiger partial charge in [0.15, 0.2) is 0 Å². The van der Waals surface area contributed by atoms with Crippen molar-refractivity contribution in [3.63, 3.8) is 0 Å².